The molecule has 0 saturated carbocycles. The molecule has 0 spiro atoms. The molecule has 0 aliphatic carbocycles. The van der Waals surface area contributed by atoms with Crippen molar-refractivity contribution >= 4 is 11.9 Å². The molecule has 5 heteroatoms. The Morgan fingerprint density at radius 1 is 1.50 bits per heavy atom. The lowest BCUT2D eigenvalue weighted by molar-refractivity contribution is -0.144. The number of likely N-dealkylation sites (tertiary alicyclic amines) is 1. The third-order valence-corrected chi connectivity index (χ3v) is 3.46. The van der Waals surface area contributed by atoms with Gasteiger partial charge in [-0.2, -0.15) is 0 Å². The molecule has 1 N–H and O–H groups in total. The molecule has 0 radical (unpaired) electrons. The minimum Gasteiger partial charge on any atom is -0.466 e. The average Bonchev–Trinajstić information content (AvgIpc) is 2.38. The number of nitrogens with one attached hydrogen (secondary N) is 1. The highest BCUT2D eigenvalue weighted by Crippen LogP contribution is 2.19. The van der Waals surface area contributed by atoms with Crippen molar-refractivity contribution in [1.82, 2.24) is 10.2 Å². The second-order valence-corrected chi connectivity index (χ2v) is 4.81. The lowest BCUT2D eigenvalue weighted by Gasteiger charge is -2.35. The second-order valence-electron chi connectivity index (χ2n) is 4.81. The van der Waals surface area contributed by atoms with E-state index in [1.54, 1.807) is 7.05 Å². The van der Waals surface area contributed by atoms with Crippen molar-refractivity contribution in [3.05, 3.63) is 0 Å². The molecule has 1 saturated heterocycles. The van der Waals surface area contributed by atoms with Gasteiger partial charge in [-0.3, -0.25) is 14.5 Å². The van der Waals surface area contributed by atoms with E-state index < -0.39 is 0 Å². The van der Waals surface area contributed by atoms with E-state index in [0.717, 1.165) is 25.9 Å². The summed E-state index contributed by atoms with van der Waals surface area (Å²) in [5.41, 5.74) is 0. The molecule has 1 amide bonds. The highest BCUT2D eigenvalue weighted by Gasteiger charge is 2.28. The van der Waals surface area contributed by atoms with Crippen LogP contribution in [0.25, 0.3) is 0 Å². The Kier molecular flexibility index (Phi) is 6.12. The molecule has 0 bridgehead atoms. The van der Waals surface area contributed by atoms with Gasteiger partial charge in [0.2, 0.25) is 5.91 Å². The van der Waals surface area contributed by atoms with Crippen molar-refractivity contribution in [2.45, 2.75) is 39.2 Å². The number of hydrogen-bond acceptors (Lipinski definition) is 4. The van der Waals surface area contributed by atoms with Crippen LogP contribution in [-0.2, 0) is 14.3 Å². The van der Waals surface area contributed by atoms with Crippen LogP contribution in [0.2, 0.25) is 0 Å². The van der Waals surface area contributed by atoms with Crippen molar-refractivity contribution in [3.63, 3.8) is 0 Å². The number of amides is 1. The number of hydrogen-bond donors (Lipinski definition) is 1. The molecule has 18 heavy (non-hydrogen) atoms. The maximum absolute atomic E-state index is 11.6. The highest BCUT2D eigenvalue weighted by molar-refractivity contribution is 5.78. The van der Waals surface area contributed by atoms with Gasteiger partial charge in [-0.05, 0) is 33.2 Å². The summed E-state index contributed by atoms with van der Waals surface area (Å²) in [6.07, 6.45) is 2.34. The zero-order chi connectivity index (χ0) is 13.5. The fraction of sp³-hybridized carbons (Fsp3) is 0.846. The van der Waals surface area contributed by atoms with E-state index in [2.05, 4.69) is 10.2 Å². The van der Waals surface area contributed by atoms with Gasteiger partial charge in [-0.25, -0.2) is 0 Å². The third kappa shape index (κ3) is 4.29. The van der Waals surface area contributed by atoms with Crippen LogP contribution in [0.5, 0.6) is 0 Å². The second kappa shape index (κ2) is 7.36. The summed E-state index contributed by atoms with van der Waals surface area (Å²) in [4.78, 5) is 25.3. The SMILES string of the molecule is CCOC(=O)CC(C)N1CCCC(C(=O)NC)C1. The van der Waals surface area contributed by atoms with E-state index in [4.69, 9.17) is 4.74 Å². The summed E-state index contributed by atoms with van der Waals surface area (Å²) < 4.78 is 4.95. The number of esters is 1. The number of carbonyl (C=O) groups excluding carboxylic acids is 2. The van der Waals surface area contributed by atoms with E-state index >= 15 is 0 Å². The zero-order valence-electron chi connectivity index (χ0n) is 11.6. The number of rotatable bonds is 5. The fourth-order valence-electron chi connectivity index (χ4n) is 2.42. The zero-order valence-corrected chi connectivity index (χ0v) is 11.6. The van der Waals surface area contributed by atoms with Gasteiger partial charge in [0.25, 0.3) is 0 Å². The first-order valence-electron chi connectivity index (χ1n) is 6.69. The van der Waals surface area contributed by atoms with Crippen LogP contribution in [0.1, 0.15) is 33.1 Å². The quantitative estimate of drug-likeness (QED) is 0.739. The van der Waals surface area contributed by atoms with Crippen molar-refractivity contribution in [2.24, 2.45) is 5.92 Å². The van der Waals surface area contributed by atoms with Gasteiger partial charge < -0.3 is 10.1 Å². The van der Waals surface area contributed by atoms with Gasteiger partial charge >= 0.3 is 5.97 Å². The first-order chi connectivity index (χ1) is 8.58. The van der Waals surface area contributed by atoms with Crippen molar-refractivity contribution in [2.75, 3.05) is 26.7 Å². The maximum atomic E-state index is 11.6. The van der Waals surface area contributed by atoms with Crippen LogP contribution in [0.3, 0.4) is 0 Å². The summed E-state index contributed by atoms with van der Waals surface area (Å²) >= 11 is 0. The minimum absolute atomic E-state index is 0.0494. The molecule has 1 heterocycles. The standard InChI is InChI=1S/C13H24N2O3/c1-4-18-12(16)8-10(2)15-7-5-6-11(9-15)13(17)14-3/h10-11H,4-9H2,1-3H3,(H,14,17). The van der Waals surface area contributed by atoms with Gasteiger partial charge in [-0.1, -0.05) is 0 Å². The molecule has 2 atom stereocenters. The molecule has 0 aromatic carbocycles. The average molecular weight is 256 g/mol. The van der Waals surface area contributed by atoms with Gasteiger partial charge in [0.15, 0.2) is 0 Å². The van der Waals surface area contributed by atoms with Crippen molar-refractivity contribution < 1.29 is 14.3 Å². The monoisotopic (exact) mass is 256 g/mol. The molecule has 5 nitrogen and oxygen atoms in total. The number of carbonyl (C=O) groups is 2. The molecule has 104 valence electrons. The smallest absolute Gasteiger partial charge is 0.307 e. The van der Waals surface area contributed by atoms with Gasteiger partial charge in [0, 0.05) is 19.6 Å². The Balaban J connectivity index is 2.45. The van der Waals surface area contributed by atoms with E-state index in [9.17, 15) is 9.59 Å². The van der Waals surface area contributed by atoms with Crippen LogP contribution in [0, 0.1) is 5.92 Å². The Hall–Kier alpha value is -1.10. The normalized spacial score (nSPS) is 22.3. The Morgan fingerprint density at radius 3 is 2.83 bits per heavy atom. The van der Waals surface area contributed by atoms with Gasteiger partial charge in [0.05, 0.1) is 18.9 Å². The van der Waals surface area contributed by atoms with Gasteiger partial charge in [0.1, 0.15) is 0 Å². The number of ether oxygens (including phenoxy) is 1. The maximum Gasteiger partial charge on any atom is 0.307 e. The van der Waals surface area contributed by atoms with Crippen LogP contribution in [0.15, 0.2) is 0 Å². The summed E-state index contributed by atoms with van der Waals surface area (Å²) in [6.45, 7) is 5.94. The number of piperidine rings is 1. The molecular weight excluding hydrogens is 232 g/mol. The molecule has 0 aromatic rings. The Morgan fingerprint density at radius 2 is 2.22 bits per heavy atom. The number of nitrogens with zero attached hydrogens (tertiary/aromatic N) is 1. The van der Waals surface area contributed by atoms with E-state index in [1.807, 2.05) is 13.8 Å². The third-order valence-electron chi connectivity index (χ3n) is 3.46. The summed E-state index contributed by atoms with van der Waals surface area (Å²) in [7, 11) is 1.67. The van der Waals surface area contributed by atoms with Crippen molar-refractivity contribution in [3.8, 4) is 0 Å². The molecule has 1 rings (SSSR count). The largest absolute Gasteiger partial charge is 0.466 e. The van der Waals surface area contributed by atoms with E-state index in [0.29, 0.717) is 13.0 Å². The first-order valence-corrected chi connectivity index (χ1v) is 6.69. The van der Waals surface area contributed by atoms with Crippen molar-refractivity contribution in [1.29, 1.82) is 0 Å². The van der Waals surface area contributed by atoms with Crippen LogP contribution < -0.4 is 5.32 Å². The first kappa shape index (κ1) is 15.0. The minimum atomic E-state index is -0.160. The summed E-state index contributed by atoms with van der Waals surface area (Å²) in [6, 6.07) is 0.136. The highest BCUT2D eigenvalue weighted by atomic mass is 16.5. The topological polar surface area (TPSA) is 58.6 Å². The van der Waals surface area contributed by atoms with Gasteiger partial charge in [-0.15, -0.1) is 0 Å². The molecule has 1 aliphatic rings. The molecule has 0 aromatic heterocycles. The molecule has 2 unspecified atom stereocenters. The fourth-order valence-corrected chi connectivity index (χ4v) is 2.42. The van der Waals surface area contributed by atoms with Crippen LogP contribution in [0.4, 0.5) is 0 Å². The predicted molar refractivity (Wildman–Crippen MR) is 69.1 cm³/mol. The molecular formula is C13H24N2O3. The summed E-state index contributed by atoms with van der Waals surface area (Å²) in [5.74, 6) is -0.0107. The van der Waals surface area contributed by atoms with E-state index in [-0.39, 0.29) is 23.8 Å². The van der Waals surface area contributed by atoms with Crippen LogP contribution in [-0.4, -0.2) is 49.6 Å². The van der Waals surface area contributed by atoms with Crippen LogP contribution >= 0.6 is 0 Å². The van der Waals surface area contributed by atoms with E-state index in [1.165, 1.54) is 0 Å². The molecule has 1 fully saturated rings. The Bertz CT molecular complexity index is 294. The summed E-state index contributed by atoms with van der Waals surface area (Å²) in [5, 5.41) is 2.70. The lowest BCUT2D eigenvalue weighted by atomic mass is 9.95. The predicted octanol–water partition coefficient (Wildman–Crippen LogP) is 0.786. The lowest BCUT2D eigenvalue weighted by Crippen LogP contribution is -2.46. The molecule has 1 aliphatic heterocycles. The Labute approximate surface area is 109 Å².